The molecule has 0 aliphatic rings. The minimum atomic E-state index is -1.32. The quantitative estimate of drug-likeness (QED) is 0.114. The van der Waals surface area contributed by atoms with E-state index in [1.807, 2.05) is 0 Å². The molecule has 0 aliphatic carbocycles. The number of amides is 5. The van der Waals surface area contributed by atoms with Crippen LogP contribution in [0.15, 0.2) is 42.9 Å². The topological polar surface area (TPSA) is 225 Å². The van der Waals surface area contributed by atoms with E-state index in [-0.39, 0.29) is 25.7 Å². The van der Waals surface area contributed by atoms with Crippen molar-refractivity contribution in [1.29, 1.82) is 0 Å². The van der Waals surface area contributed by atoms with Crippen LogP contribution in [0.3, 0.4) is 0 Å². The summed E-state index contributed by atoms with van der Waals surface area (Å²) in [6.07, 6.45) is 1.92. The van der Waals surface area contributed by atoms with Gasteiger partial charge in [-0.25, -0.2) is 14.6 Å². The molecule has 1 aromatic heterocycles. The van der Waals surface area contributed by atoms with Gasteiger partial charge in [-0.05, 0) is 67.4 Å². The Balaban J connectivity index is 2.16. The molecule has 2 rings (SSSR count). The summed E-state index contributed by atoms with van der Waals surface area (Å²) in [5, 5.41) is 12.7. The van der Waals surface area contributed by atoms with Gasteiger partial charge >= 0.3 is 18.0 Å². The summed E-state index contributed by atoms with van der Waals surface area (Å²) >= 11 is 0. The molecule has 0 saturated carbocycles. The Morgan fingerprint density at radius 3 is 1.78 bits per heavy atom. The van der Waals surface area contributed by atoms with Gasteiger partial charge in [0.25, 0.3) is 0 Å². The maximum Gasteiger partial charge on any atom is 0.408 e. The molecule has 5 atom stereocenters. The average molecular weight is 758 g/mol. The first-order chi connectivity index (χ1) is 25.1. The summed E-state index contributed by atoms with van der Waals surface area (Å²) in [4.78, 5) is 95.2. The normalized spacial score (nSPS) is 14.2. The first-order valence-corrected chi connectivity index (χ1v) is 17.6. The van der Waals surface area contributed by atoms with Crippen molar-refractivity contribution in [2.75, 3.05) is 7.11 Å². The maximum atomic E-state index is 13.6. The number of alkyl carbamates (subject to hydrolysis) is 1. The van der Waals surface area contributed by atoms with Crippen LogP contribution < -0.4 is 26.6 Å². The molecule has 0 fully saturated rings. The monoisotopic (exact) mass is 757 g/mol. The van der Waals surface area contributed by atoms with Gasteiger partial charge in [0.2, 0.25) is 23.6 Å². The molecular weight excluding hydrogens is 702 g/mol. The van der Waals surface area contributed by atoms with Crippen molar-refractivity contribution in [3.05, 3.63) is 54.1 Å². The van der Waals surface area contributed by atoms with E-state index in [0.29, 0.717) is 5.69 Å². The molecule has 1 heterocycles. The summed E-state index contributed by atoms with van der Waals surface area (Å²) in [6, 6.07) is 2.93. The third-order valence-corrected chi connectivity index (χ3v) is 7.62. The summed E-state index contributed by atoms with van der Waals surface area (Å²) in [5.74, 6) is -4.33. The highest BCUT2D eigenvalue weighted by Gasteiger charge is 2.32. The van der Waals surface area contributed by atoms with Gasteiger partial charge in [0.05, 0.1) is 13.4 Å². The number of hydrogen-bond acceptors (Lipinski definition) is 11. The van der Waals surface area contributed by atoms with E-state index in [1.54, 1.807) is 83.5 Å². The number of aryl methyl sites for hydroxylation is 1. The number of carbonyl (C=O) groups excluding carboxylic acids is 7. The highest BCUT2D eigenvalue weighted by molar-refractivity contribution is 5.95. The van der Waals surface area contributed by atoms with Crippen molar-refractivity contribution in [2.24, 2.45) is 7.05 Å². The second-order valence-electron chi connectivity index (χ2n) is 14.8. The van der Waals surface area contributed by atoms with Gasteiger partial charge in [0, 0.05) is 38.2 Å². The van der Waals surface area contributed by atoms with Crippen LogP contribution in [0, 0.1) is 0 Å². The molecule has 0 spiro atoms. The smallest absolute Gasteiger partial charge is 0.408 e. The summed E-state index contributed by atoms with van der Waals surface area (Å²) in [7, 11) is 2.90. The van der Waals surface area contributed by atoms with Crippen LogP contribution in [0.1, 0.15) is 79.5 Å². The number of nitrogens with one attached hydrogen (secondary N) is 5. The Hall–Kier alpha value is -5.48. The van der Waals surface area contributed by atoms with Gasteiger partial charge in [0.15, 0.2) is 0 Å². The van der Waals surface area contributed by atoms with Gasteiger partial charge in [-0.1, -0.05) is 30.3 Å². The molecule has 0 unspecified atom stereocenters. The van der Waals surface area contributed by atoms with Crippen LogP contribution in [0.2, 0.25) is 0 Å². The second kappa shape index (κ2) is 20.1. The minimum Gasteiger partial charge on any atom is -0.467 e. The van der Waals surface area contributed by atoms with Crippen LogP contribution >= 0.6 is 0 Å². The molecule has 0 bridgehead atoms. The number of carbonyl (C=O) groups is 7. The first-order valence-electron chi connectivity index (χ1n) is 17.6. The van der Waals surface area contributed by atoms with Gasteiger partial charge in [-0.2, -0.15) is 0 Å². The summed E-state index contributed by atoms with van der Waals surface area (Å²) in [5.41, 5.74) is -0.262. The van der Waals surface area contributed by atoms with Crippen molar-refractivity contribution < 1.29 is 47.8 Å². The molecule has 0 aliphatic heterocycles. The highest BCUT2D eigenvalue weighted by atomic mass is 16.6. The van der Waals surface area contributed by atoms with E-state index < -0.39 is 83.1 Å². The number of hydrogen-bond donors (Lipinski definition) is 5. The number of benzene rings is 1. The SMILES string of the molecule is COC(=O)[C@H](Cc1ccccc1)NC(=O)[C@@H](CCC(=O)OC(C)(C)C)NC(=O)[C@@H](C)NC(=O)[C@@H](C)NC(=O)[C@H](Cc1cncn1C)NC(=O)OC(C)(C)C. The van der Waals surface area contributed by atoms with E-state index in [9.17, 15) is 33.6 Å². The number of rotatable bonds is 17. The zero-order valence-electron chi connectivity index (χ0n) is 32.7. The summed E-state index contributed by atoms with van der Waals surface area (Å²) < 4.78 is 17.2. The minimum absolute atomic E-state index is 0.0314. The Morgan fingerprint density at radius 2 is 1.24 bits per heavy atom. The van der Waals surface area contributed by atoms with Crippen molar-refractivity contribution in [3.63, 3.8) is 0 Å². The average Bonchev–Trinajstić information content (AvgIpc) is 3.47. The first kappa shape index (κ1) is 44.7. The van der Waals surface area contributed by atoms with E-state index in [0.717, 1.165) is 5.56 Å². The van der Waals surface area contributed by atoms with E-state index in [2.05, 4.69) is 31.6 Å². The van der Waals surface area contributed by atoms with Gasteiger partial charge < -0.3 is 45.4 Å². The highest BCUT2D eigenvalue weighted by Crippen LogP contribution is 2.12. The molecular formula is C37H55N7O10. The predicted molar refractivity (Wildman–Crippen MR) is 196 cm³/mol. The third-order valence-electron chi connectivity index (χ3n) is 7.62. The lowest BCUT2D eigenvalue weighted by Crippen LogP contribution is -2.58. The standard InChI is InChI=1S/C37H55N7O10/c1-22(40-33(49)27(19-25-20-38-21-44(25)9)43-35(51)54-37(6,7)8)30(46)39-23(2)31(47)41-26(16-17-29(45)53-36(3,4)5)32(48)42-28(34(50)52-10)18-24-14-12-11-13-15-24/h11-15,20-23,26-28H,16-19H2,1-10H3,(H,39,46)(H,40,49)(H,41,47)(H,42,48)(H,43,51)/t22-,23-,26-,27+,28+/m1/s1. The fraction of sp³-hybridized carbons (Fsp3) is 0.568. The molecule has 1 aromatic carbocycles. The number of methoxy groups -OCH3 is 1. The lowest BCUT2D eigenvalue weighted by Gasteiger charge is -2.26. The molecule has 17 nitrogen and oxygen atoms in total. The summed E-state index contributed by atoms with van der Waals surface area (Å²) in [6.45, 7) is 12.8. The Labute approximate surface area is 316 Å². The van der Waals surface area contributed by atoms with Crippen LogP contribution in [0.5, 0.6) is 0 Å². The molecule has 0 saturated heterocycles. The number of ether oxygens (including phenoxy) is 3. The molecule has 298 valence electrons. The number of imidazole rings is 1. The lowest BCUT2D eigenvalue weighted by molar-refractivity contribution is -0.155. The van der Waals surface area contributed by atoms with Gasteiger partial charge in [0.1, 0.15) is 41.4 Å². The molecule has 5 amide bonds. The van der Waals surface area contributed by atoms with Crippen LogP contribution in [0.25, 0.3) is 0 Å². The van der Waals surface area contributed by atoms with Crippen molar-refractivity contribution in [3.8, 4) is 0 Å². The maximum absolute atomic E-state index is 13.6. The number of nitrogens with zero attached hydrogens (tertiary/aromatic N) is 2. The fourth-order valence-electron chi connectivity index (χ4n) is 4.91. The molecule has 0 radical (unpaired) electrons. The van der Waals surface area contributed by atoms with Crippen LogP contribution in [-0.4, -0.2) is 99.7 Å². The second-order valence-corrected chi connectivity index (χ2v) is 14.8. The predicted octanol–water partition coefficient (Wildman–Crippen LogP) is 1.37. The fourth-order valence-corrected chi connectivity index (χ4v) is 4.91. The van der Waals surface area contributed by atoms with Gasteiger partial charge in [-0.3, -0.25) is 24.0 Å². The number of esters is 2. The largest absolute Gasteiger partial charge is 0.467 e. The van der Waals surface area contributed by atoms with Crippen LogP contribution in [0.4, 0.5) is 4.79 Å². The Kier molecular flexibility index (Phi) is 16.6. The van der Waals surface area contributed by atoms with Gasteiger partial charge in [-0.15, -0.1) is 0 Å². The Bertz CT molecular complexity index is 1610. The van der Waals surface area contributed by atoms with E-state index in [1.165, 1.54) is 33.5 Å². The van der Waals surface area contributed by atoms with Crippen molar-refractivity contribution in [2.45, 2.75) is 122 Å². The zero-order chi connectivity index (χ0) is 40.8. The molecule has 5 N–H and O–H groups in total. The zero-order valence-corrected chi connectivity index (χ0v) is 32.7. The van der Waals surface area contributed by atoms with Crippen LogP contribution in [-0.2, 0) is 62.9 Å². The van der Waals surface area contributed by atoms with Crippen molar-refractivity contribution in [1.82, 2.24) is 36.1 Å². The lowest BCUT2D eigenvalue weighted by atomic mass is 10.0. The molecule has 54 heavy (non-hydrogen) atoms. The molecule has 2 aromatic rings. The molecule has 17 heteroatoms. The van der Waals surface area contributed by atoms with E-state index in [4.69, 9.17) is 14.2 Å². The third kappa shape index (κ3) is 16.0. The van der Waals surface area contributed by atoms with Crippen molar-refractivity contribution >= 4 is 41.7 Å². The van der Waals surface area contributed by atoms with E-state index >= 15 is 0 Å². The Morgan fingerprint density at radius 1 is 0.704 bits per heavy atom. The number of aromatic nitrogens is 2.